The molecule has 2 atom stereocenters. The molecule has 2 heterocycles. The van der Waals surface area contributed by atoms with Crippen molar-refractivity contribution in [2.75, 3.05) is 24.4 Å². The molecule has 0 aromatic rings. The van der Waals surface area contributed by atoms with Crippen LogP contribution in [-0.4, -0.2) is 60.1 Å². The van der Waals surface area contributed by atoms with Gasteiger partial charge in [-0.25, -0.2) is 8.42 Å². The molecule has 0 spiro atoms. The number of halogens is 1. The summed E-state index contributed by atoms with van der Waals surface area (Å²) >= 11 is 6.72. The van der Waals surface area contributed by atoms with Gasteiger partial charge in [-0.15, -0.1) is 11.6 Å². The number of fused-ring (bicyclic) bond motifs is 1. The SMILES string of the molecule is CN1C(=NC(=O)CCl)S[C@H]2CS(=O)(=O)C[C@@H]21. The van der Waals surface area contributed by atoms with E-state index in [4.69, 9.17) is 11.6 Å². The second-order valence-corrected chi connectivity index (χ2v) is 7.46. The summed E-state index contributed by atoms with van der Waals surface area (Å²) in [6, 6.07) is -0.0584. The van der Waals surface area contributed by atoms with Crippen molar-refractivity contribution < 1.29 is 13.2 Å². The van der Waals surface area contributed by atoms with Crippen LogP contribution in [0.3, 0.4) is 0 Å². The van der Waals surface area contributed by atoms with Crippen molar-refractivity contribution in [2.24, 2.45) is 4.99 Å². The molecule has 2 aliphatic rings. The van der Waals surface area contributed by atoms with Crippen LogP contribution >= 0.6 is 23.4 Å². The summed E-state index contributed by atoms with van der Waals surface area (Å²) in [5.74, 6) is -0.222. The molecule has 2 saturated heterocycles. The molecule has 0 N–H and O–H groups in total. The first-order chi connectivity index (χ1) is 7.43. The number of amidine groups is 1. The molecule has 0 bridgehead atoms. The quantitative estimate of drug-likeness (QED) is 0.631. The number of hydrogen-bond donors (Lipinski definition) is 0. The Bertz CT molecular complexity index is 448. The summed E-state index contributed by atoms with van der Waals surface area (Å²) in [5.41, 5.74) is 0. The lowest BCUT2D eigenvalue weighted by molar-refractivity contribution is -0.115. The van der Waals surface area contributed by atoms with Gasteiger partial charge in [0.25, 0.3) is 5.91 Å². The Morgan fingerprint density at radius 1 is 1.62 bits per heavy atom. The minimum absolute atomic E-state index is 0.00289. The Morgan fingerprint density at radius 3 is 2.88 bits per heavy atom. The maximum absolute atomic E-state index is 11.4. The summed E-state index contributed by atoms with van der Waals surface area (Å²) in [4.78, 5) is 16.7. The Hall–Kier alpha value is -0.270. The van der Waals surface area contributed by atoms with Crippen molar-refractivity contribution in [3.05, 3.63) is 0 Å². The van der Waals surface area contributed by atoms with Crippen molar-refractivity contribution in [3.63, 3.8) is 0 Å². The largest absolute Gasteiger partial charge is 0.349 e. The number of amides is 1. The van der Waals surface area contributed by atoms with Crippen molar-refractivity contribution in [1.82, 2.24) is 4.90 Å². The Kier molecular flexibility index (Phi) is 3.20. The zero-order valence-corrected chi connectivity index (χ0v) is 11.0. The fourth-order valence-electron chi connectivity index (χ4n) is 1.87. The highest BCUT2D eigenvalue weighted by molar-refractivity contribution is 8.15. The molecule has 5 nitrogen and oxygen atoms in total. The van der Waals surface area contributed by atoms with E-state index in [1.54, 1.807) is 11.9 Å². The van der Waals surface area contributed by atoms with E-state index < -0.39 is 9.84 Å². The van der Waals surface area contributed by atoms with Crippen LogP contribution < -0.4 is 0 Å². The molecule has 2 aliphatic heterocycles. The molecule has 0 aliphatic carbocycles. The molecule has 8 heteroatoms. The average molecular weight is 283 g/mol. The molecular formula is C8H11ClN2O3S2. The van der Waals surface area contributed by atoms with Crippen LogP contribution in [-0.2, 0) is 14.6 Å². The van der Waals surface area contributed by atoms with Gasteiger partial charge in [0.15, 0.2) is 15.0 Å². The molecule has 90 valence electrons. The predicted molar refractivity (Wildman–Crippen MR) is 64.7 cm³/mol. The highest BCUT2D eigenvalue weighted by atomic mass is 35.5. The minimum Gasteiger partial charge on any atom is -0.349 e. The van der Waals surface area contributed by atoms with Crippen molar-refractivity contribution in [1.29, 1.82) is 0 Å². The van der Waals surface area contributed by atoms with E-state index in [0.29, 0.717) is 5.17 Å². The number of carbonyl (C=O) groups is 1. The summed E-state index contributed by atoms with van der Waals surface area (Å²) in [5, 5.41) is 0.576. The van der Waals surface area contributed by atoms with Crippen molar-refractivity contribution >= 4 is 44.3 Å². The third-order valence-corrected chi connectivity index (χ3v) is 6.19. The lowest BCUT2D eigenvalue weighted by Crippen LogP contribution is -2.34. The molecule has 0 aromatic heterocycles. The van der Waals surface area contributed by atoms with E-state index in [0.717, 1.165) is 0 Å². The van der Waals surface area contributed by atoms with Gasteiger partial charge >= 0.3 is 0 Å². The molecule has 1 amide bonds. The van der Waals surface area contributed by atoms with Gasteiger partial charge in [0.05, 0.1) is 17.5 Å². The van der Waals surface area contributed by atoms with Crippen LogP contribution in [0.25, 0.3) is 0 Å². The fourth-order valence-corrected chi connectivity index (χ4v) is 5.95. The highest BCUT2D eigenvalue weighted by Gasteiger charge is 2.47. The van der Waals surface area contributed by atoms with Crippen LogP contribution in [0.1, 0.15) is 0 Å². The summed E-state index contributed by atoms with van der Waals surface area (Å²) in [7, 11) is -1.16. The van der Waals surface area contributed by atoms with E-state index in [1.807, 2.05) is 0 Å². The fraction of sp³-hybridized carbons (Fsp3) is 0.750. The number of nitrogens with zero attached hydrogens (tertiary/aromatic N) is 2. The second kappa shape index (κ2) is 4.19. The zero-order valence-electron chi connectivity index (χ0n) is 8.59. The summed E-state index contributed by atoms with van der Waals surface area (Å²) < 4.78 is 22.8. The smallest absolute Gasteiger partial charge is 0.262 e. The lowest BCUT2D eigenvalue weighted by Gasteiger charge is -2.17. The Labute approximate surface area is 103 Å². The molecule has 0 unspecified atom stereocenters. The van der Waals surface area contributed by atoms with E-state index >= 15 is 0 Å². The van der Waals surface area contributed by atoms with Crippen LogP contribution in [0, 0.1) is 0 Å². The molecule has 0 aromatic carbocycles. The van der Waals surface area contributed by atoms with Gasteiger partial charge in [0.2, 0.25) is 0 Å². The maximum atomic E-state index is 11.4. The van der Waals surface area contributed by atoms with Gasteiger partial charge in [0, 0.05) is 12.3 Å². The van der Waals surface area contributed by atoms with Gasteiger partial charge in [0.1, 0.15) is 5.88 Å². The molecule has 0 radical (unpaired) electrons. The van der Waals surface area contributed by atoms with Crippen molar-refractivity contribution in [2.45, 2.75) is 11.3 Å². The van der Waals surface area contributed by atoms with Crippen molar-refractivity contribution in [3.8, 4) is 0 Å². The Morgan fingerprint density at radius 2 is 2.31 bits per heavy atom. The van der Waals surface area contributed by atoms with Gasteiger partial charge < -0.3 is 4.90 Å². The summed E-state index contributed by atoms with van der Waals surface area (Å²) in [6.07, 6.45) is 0. The number of thioether (sulfide) groups is 1. The van der Waals surface area contributed by atoms with Crippen LogP contribution in [0.5, 0.6) is 0 Å². The van der Waals surface area contributed by atoms with Gasteiger partial charge in [-0.2, -0.15) is 4.99 Å². The standard InChI is InChI=1S/C8H11ClN2O3S2/c1-11-5-3-16(13,14)4-6(5)15-8(11)10-7(12)2-9/h5-6H,2-4H2,1H3/t5-,6-/m0/s1. The van der Waals surface area contributed by atoms with Crippen LogP contribution in [0.15, 0.2) is 4.99 Å². The average Bonchev–Trinajstić information content (AvgIpc) is 2.63. The van der Waals surface area contributed by atoms with Crippen LogP contribution in [0.2, 0.25) is 0 Å². The van der Waals surface area contributed by atoms with Gasteiger partial charge in [-0.1, -0.05) is 11.8 Å². The van der Waals surface area contributed by atoms with E-state index in [1.165, 1.54) is 11.8 Å². The van der Waals surface area contributed by atoms with E-state index in [9.17, 15) is 13.2 Å². The topological polar surface area (TPSA) is 66.8 Å². The lowest BCUT2D eigenvalue weighted by atomic mass is 10.2. The second-order valence-electron chi connectivity index (χ2n) is 3.83. The predicted octanol–water partition coefficient (Wildman–Crippen LogP) is -0.0480. The number of sulfone groups is 1. The molecule has 2 fully saturated rings. The zero-order chi connectivity index (χ0) is 11.9. The van der Waals surface area contributed by atoms with E-state index in [-0.39, 0.29) is 34.6 Å². The molecular weight excluding hydrogens is 272 g/mol. The third-order valence-electron chi connectivity index (χ3n) is 2.66. The normalized spacial score (nSPS) is 34.4. The number of alkyl halides is 1. The molecule has 0 saturated carbocycles. The molecule has 2 rings (SSSR count). The first-order valence-electron chi connectivity index (χ1n) is 4.70. The number of rotatable bonds is 1. The monoisotopic (exact) mass is 282 g/mol. The van der Waals surface area contributed by atoms with Crippen LogP contribution in [0.4, 0.5) is 0 Å². The number of carbonyl (C=O) groups excluding carboxylic acids is 1. The first-order valence-corrected chi connectivity index (χ1v) is 7.94. The maximum Gasteiger partial charge on any atom is 0.262 e. The number of hydrogen-bond acceptors (Lipinski definition) is 4. The number of aliphatic imine (C=N–C) groups is 1. The highest BCUT2D eigenvalue weighted by Crippen LogP contribution is 2.36. The van der Waals surface area contributed by atoms with Gasteiger partial charge in [-0.05, 0) is 0 Å². The summed E-state index contributed by atoms with van der Waals surface area (Å²) in [6.45, 7) is 0. The third kappa shape index (κ3) is 2.21. The Balaban J connectivity index is 2.17. The molecule has 16 heavy (non-hydrogen) atoms. The first kappa shape index (κ1) is 12.2. The van der Waals surface area contributed by atoms with E-state index in [2.05, 4.69) is 4.99 Å². The minimum atomic E-state index is -2.92. The van der Waals surface area contributed by atoms with Gasteiger partial charge in [-0.3, -0.25) is 4.79 Å².